The topological polar surface area (TPSA) is 66.6 Å². The van der Waals surface area contributed by atoms with Gasteiger partial charge in [-0.05, 0) is 25.7 Å². The maximum absolute atomic E-state index is 12.5. The molecule has 1 unspecified atom stereocenters. The summed E-state index contributed by atoms with van der Waals surface area (Å²) in [6, 6.07) is 0.00989. The highest BCUT2D eigenvalue weighted by Crippen LogP contribution is 2.24. The van der Waals surface area contributed by atoms with E-state index in [9.17, 15) is 8.42 Å². The van der Waals surface area contributed by atoms with Crippen LogP contribution in [0.2, 0.25) is 0 Å². The fourth-order valence-corrected chi connectivity index (χ4v) is 4.70. The first-order valence-electron chi connectivity index (χ1n) is 6.63. The Balaban J connectivity index is 2.11. The summed E-state index contributed by atoms with van der Waals surface area (Å²) in [6.45, 7) is 2.43. The quantitative estimate of drug-likeness (QED) is 0.806. The van der Waals surface area contributed by atoms with Gasteiger partial charge < -0.3 is 5.73 Å². The Labute approximate surface area is 104 Å². The van der Waals surface area contributed by atoms with Crippen LogP contribution in [-0.2, 0) is 10.2 Å². The highest BCUT2D eigenvalue weighted by Gasteiger charge is 2.36. The Hall–Kier alpha value is -0.170. The second-order valence-electron chi connectivity index (χ2n) is 4.96. The fraction of sp³-hybridized carbons (Fsp3) is 1.00. The minimum Gasteiger partial charge on any atom is -0.329 e. The lowest BCUT2D eigenvalue weighted by atomic mass is 10.1. The third kappa shape index (κ3) is 2.81. The van der Waals surface area contributed by atoms with Crippen molar-refractivity contribution in [2.24, 2.45) is 5.73 Å². The summed E-state index contributed by atoms with van der Waals surface area (Å²) in [5, 5.41) is 0. The van der Waals surface area contributed by atoms with Crippen molar-refractivity contribution in [3.8, 4) is 0 Å². The van der Waals surface area contributed by atoms with Crippen LogP contribution in [0.25, 0.3) is 0 Å². The van der Waals surface area contributed by atoms with Crippen LogP contribution in [-0.4, -0.2) is 49.2 Å². The monoisotopic (exact) mass is 261 g/mol. The molecule has 0 aromatic carbocycles. The van der Waals surface area contributed by atoms with Gasteiger partial charge >= 0.3 is 0 Å². The minimum atomic E-state index is -3.26. The highest BCUT2D eigenvalue weighted by atomic mass is 32.2. The molecule has 0 aliphatic carbocycles. The Morgan fingerprint density at radius 1 is 1.00 bits per heavy atom. The Bertz CT molecular complexity index is 339. The van der Waals surface area contributed by atoms with Gasteiger partial charge in [-0.1, -0.05) is 12.8 Å². The highest BCUT2D eigenvalue weighted by molar-refractivity contribution is 7.86. The van der Waals surface area contributed by atoms with Crippen LogP contribution in [0, 0.1) is 0 Å². The molecule has 2 fully saturated rings. The summed E-state index contributed by atoms with van der Waals surface area (Å²) in [6.07, 6.45) is 6.08. The SMILES string of the molecule is NCC1CCCCN1S(=O)(=O)N1CCCCC1. The first kappa shape index (κ1) is 13.3. The molecular formula is C11H23N3O2S. The van der Waals surface area contributed by atoms with Gasteiger partial charge in [0.2, 0.25) is 0 Å². The molecule has 2 rings (SSSR count). The zero-order valence-corrected chi connectivity index (χ0v) is 11.2. The van der Waals surface area contributed by atoms with Gasteiger partial charge in [0.25, 0.3) is 10.2 Å². The summed E-state index contributed by atoms with van der Waals surface area (Å²) in [4.78, 5) is 0. The van der Waals surface area contributed by atoms with Crippen LogP contribution in [0.3, 0.4) is 0 Å². The molecule has 2 heterocycles. The number of nitrogens with zero attached hydrogens (tertiary/aromatic N) is 2. The molecule has 0 aromatic rings. The number of nitrogens with two attached hydrogens (primary N) is 1. The van der Waals surface area contributed by atoms with Crippen LogP contribution in [0.5, 0.6) is 0 Å². The van der Waals surface area contributed by atoms with Gasteiger partial charge in [-0.2, -0.15) is 17.0 Å². The van der Waals surface area contributed by atoms with Crippen molar-refractivity contribution < 1.29 is 8.42 Å². The van der Waals surface area contributed by atoms with Crippen molar-refractivity contribution in [2.75, 3.05) is 26.2 Å². The molecule has 0 saturated carbocycles. The van der Waals surface area contributed by atoms with Crippen LogP contribution in [0.4, 0.5) is 0 Å². The van der Waals surface area contributed by atoms with E-state index in [2.05, 4.69) is 0 Å². The number of rotatable bonds is 3. The maximum atomic E-state index is 12.5. The van der Waals surface area contributed by atoms with Crippen molar-refractivity contribution in [3.05, 3.63) is 0 Å². The van der Waals surface area contributed by atoms with Crippen molar-refractivity contribution in [3.63, 3.8) is 0 Å². The van der Waals surface area contributed by atoms with Gasteiger partial charge in [0.1, 0.15) is 0 Å². The zero-order valence-electron chi connectivity index (χ0n) is 10.3. The third-order valence-corrected chi connectivity index (χ3v) is 5.87. The van der Waals surface area contributed by atoms with E-state index < -0.39 is 10.2 Å². The Kier molecular flexibility index (Phi) is 4.41. The summed E-state index contributed by atoms with van der Waals surface area (Å²) < 4.78 is 28.3. The minimum absolute atomic E-state index is 0.00989. The fourth-order valence-electron chi connectivity index (χ4n) is 2.76. The van der Waals surface area contributed by atoms with Gasteiger partial charge in [-0.25, -0.2) is 0 Å². The predicted molar refractivity (Wildman–Crippen MR) is 67.7 cm³/mol. The van der Waals surface area contributed by atoms with Crippen LogP contribution < -0.4 is 5.73 Å². The van der Waals surface area contributed by atoms with Crippen molar-refractivity contribution in [1.82, 2.24) is 8.61 Å². The van der Waals surface area contributed by atoms with E-state index in [1.54, 1.807) is 8.61 Å². The molecule has 2 saturated heterocycles. The van der Waals surface area contributed by atoms with Gasteiger partial charge in [0.15, 0.2) is 0 Å². The van der Waals surface area contributed by atoms with Crippen molar-refractivity contribution in [2.45, 2.75) is 44.6 Å². The molecule has 2 N–H and O–H groups in total. The average Bonchev–Trinajstić information content (AvgIpc) is 2.39. The standard InChI is InChI=1S/C11H23N3O2S/c12-10-11-6-2-5-9-14(11)17(15,16)13-7-3-1-4-8-13/h11H,1-10,12H2. The largest absolute Gasteiger partial charge is 0.329 e. The normalized spacial score (nSPS) is 29.4. The van der Waals surface area contributed by atoms with Crippen molar-refractivity contribution in [1.29, 1.82) is 0 Å². The summed E-state index contributed by atoms with van der Waals surface area (Å²) in [7, 11) is -3.26. The zero-order chi connectivity index (χ0) is 12.3. The van der Waals surface area contributed by atoms with E-state index in [4.69, 9.17) is 5.73 Å². The molecule has 0 radical (unpaired) electrons. The van der Waals surface area contributed by atoms with Crippen molar-refractivity contribution >= 4 is 10.2 Å². The molecule has 0 spiro atoms. The third-order valence-electron chi connectivity index (χ3n) is 3.78. The van der Waals surface area contributed by atoms with E-state index in [-0.39, 0.29) is 6.04 Å². The molecule has 6 heteroatoms. The van der Waals surface area contributed by atoms with Crippen LogP contribution >= 0.6 is 0 Å². The lowest BCUT2D eigenvalue weighted by Crippen LogP contribution is -2.53. The van der Waals surface area contributed by atoms with Gasteiger partial charge in [-0.15, -0.1) is 0 Å². The molecule has 0 bridgehead atoms. The molecule has 0 aromatic heterocycles. The number of hydrogen-bond donors (Lipinski definition) is 1. The molecule has 0 amide bonds. The molecule has 5 nitrogen and oxygen atoms in total. The van der Waals surface area contributed by atoms with E-state index in [1.165, 1.54) is 0 Å². The maximum Gasteiger partial charge on any atom is 0.282 e. The van der Waals surface area contributed by atoms with E-state index >= 15 is 0 Å². The lowest BCUT2D eigenvalue weighted by molar-refractivity contribution is 0.227. The van der Waals surface area contributed by atoms with Gasteiger partial charge in [-0.3, -0.25) is 0 Å². The summed E-state index contributed by atoms with van der Waals surface area (Å²) in [5.74, 6) is 0. The molecule has 2 aliphatic rings. The van der Waals surface area contributed by atoms with Crippen LogP contribution in [0.15, 0.2) is 0 Å². The van der Waals surface area contributed by atoms with Crippen LogP contribution in [0.1, 0.15) is 38.5 Å². The van der Waals surface area contributed by atoms with E-state index in [1.807, 2.05) is 0 Å². The van der Waals surface area contributed by atoms with E-state index in [0.29, 0.717) is 26.2 Å². The molecule has 2 aliphatic heterocycles. The average molecular weight is 261 g/mol. The summed E-state index contributed by atoms with van der Waals surface area (Å²) >= 11 is 0. The predicted octanol–water partition coefficient (Wildman–Crippen LogP) is 0.530. The smallest absolute Gasteiger partial charge is 0.282 e. The second-order valence-corrected chi connectivity index (χ2v) is 6.84. The molecule has 17 heavy (non-hydrogen) atoms. The summed E-state index contributed by atoms with van der Waals surface area (Å²) in [5.41, 5.74) is 5.70. The number of hydrogen-bond acceptors (Lipinski definition) is 3. The van der Waals surface area contributed by atoms with Gasteiger partial charge in [0.05, 0.1) is 0 Å². The number of piperidine rings is 2. The Morgan fingerprint density at radius 3 is 2.29 bits per heavy atom. The molecular weight excluding hydrogens is 238 g/mol. The lowest BCUT2D eigenvalue weighted by Gasteiger charge is -2.38. The van der Waals surface area contributed by atoms with Gasteiger partial charge in [0, 0.05) is 32.2 Å². The second kappa shape index (κ2) is 5.65. The van der Waals surface area contributed by atoms with E-state index in [0.717, 1.165) is 38.5 Å². The molecule has 100 valence electrons. The first-order chi connectivity index (χ1) is 8.16. The first-order valence-corrected chi connectivity index (χ1v) is 8.03. The molecule has 1 atom stereocenters. The Morgan fingerprint density at radius 2 is 1.65 bits per heavy atom.